The predicted molar refractivity (Wildman–Crippen MR) is 173 cm³/mol. The zero-order valence-electron chi connectivity index (χ0n) is 27.7. The summed E-state index contributed by atoms with van der Waals surface area (Å²) < 4.78 is 0.524. The number of β-lactam (4-membered cyclic amide) rings is 1. The number of carbonyl (C=O) groups is 5. The van der Waals surface area contributed by atoms with Crippen LogP contribution in [0.25, 0.3) is 0 Å². The molecule has 266 valence electrons. The Bertz CT molecular complexity index is 1880. The number of aliphatic carboxylic acids is 2. The number of thiazole rings is 1. The zero-order valence-corrected chi connectivity index (χ0v) is 31.3. The average Bonchev–Trinajstić information content (AvgIpc) is 3.71. The van der Waals surface area contributed by atoms with E-state index in [9.17, 15) is 44.1 Å². The van der Waals surface area contributed by atoms with Crippen LogP contribution in [0.1, 0.15) is 42.4 Å². The standard InChI is InChI=1S/C30H34N8O10S2.Na/c1-2-20(28(44)45)48-35-21(17-13-50-30(31)33-17)24(41)34-22-26(43)37-23(29(46)47)14(12-49-27(22)37)11-38-6-3-4-15(38)10-36(5-7-38)25(42)16-8-18(39)19(40)9-32-16;/h8-9,13,15,20,22,27H,2-7,10-12H2,1H3,(H6-,31,32,33,34,35,39,40,41,42,44,45,46,47);/q;+1/p-1/t15-,20-,22+,27+,38?;/m0./s1. The summed E-state index contributed by atoms with van der Waals surface area (Å²) >= 11 is 2.28. The van der Waals surface area contributed by atoms with Gasteiger partial charge in [0.15, 0.2) is 22.7 Å². The van der Waals surface area contributed by atoms with E-state index in [2.05, 4.69) is 20.4 Å². The smallest absolute Gasteiger partial charge is 0.546 e. The normalized spacial score (nSPS) is 24.8. The number of amides is 3. The van der Waals surface area contributed by atoms with Gasteiger partial charge in [0, 0.05) is 41.8 Å². The number of aromatic nitrogens is 2. The van der Waals surface area contributed by atoms with E-state index in [-0.39, 0.29) is 75.9 Å². The first kappa shape index (κ1) is 38.3. The van der Waals surface area contributed by atoms with Crippen molar-refractivity contribution in [3.63, 3.8) is 0 Å². The first-order chi connectivity index (χ1) is 23.8. The Morgan fingerprint density at radius 3 is 2.69 bits per heavy atom. The molecule has 2 aromatic heterocycles. The Morgan fingerprint density at radius 1 is 1.27 bits per heavy atom. The number of anilines is 1. The number of nitrogens with two attached hydrogens (primary N) is 1. The van der Waals surface area contributed by atoms with E-state index in [1.54, 1.807) is 4.90 Å². The fourth-order valence-electron chi connectivity index (χ4n) is 6.94. The van der Waals surface area contributed by atoms with Crippen molar-refractivity contribution in [2.45, 2.75) is 49.7 Å². The van der Waals surface area contributed by atoms with Crippen molar-refractivity contribution in [3.8, 4) is 5.75 Å². The maximum atomic E-state index is 13.5. The molecule has 0 aromatic carbocycles. The molecule has 4 aliphatic rings. The van der Waals surface area contributed by atoms with Crippen LogP contribution in [-0.2, 0) is 24.0 Å². The number of aromatic amines is 1. The summed E-state index contributed by atoms with van der Waals surface area (Å²) in [6.45, 7) is 3.83. The topological polar surface area (TPSA) is 264 Å². The molecule has 0 radical (unpaired) electrons. The third kappa shape index (κ3) is 7.38. The van der Waals surface area contributed by atoms with Gasteiger partial charge in [-0.25, -0.2) is 4.98 Å². The number of thioether (sulfide) groups is 1. The van der Waals surface area contributed by atoms with Gasteiger partial charge in [0.2, 0.25) is 5.43 Å². The van der Waals surface area contributed by atoms with Gasteiger partial charge >= 0.3 is 29.6 Å². The van der Waals surface area contributed by atoms with Crippen LogP contribution >= 0.6 is 23.1 Å². The molecule has 18 nitrogen and oxygen atoms in total. The molecular weight excluding hydrogens is 720 g/mol. The number of hydrogen-bond acceptors (Lipinski definition) is 15. The molecule has 21 heteroatoms. The van der Waals surface area contributed by atoms with Crippen LogP contribution in [0.5, 0.6) is 5.75 Å². The van der Waals surface area contributed by atoms with Crippen LogP contribution < -0.4 is 56.2 Å². The second-order valence-corrected chi connectivity index (χ2v) is 14.4. The fourth-order valence-corrected chi connectivity index (χ4v) is 8.82. The Kier molecular flexibility index (Phi) is 11.5. The predicted octanol–water partition coefficient (Wildman–Crippen LogP) is -6.09. The zero-order chi connectivity index (χ0) is 35.9. The summed E-state index contributed by atoms with van der Waals surface area (Å²) in [6, 6.07) is -0.0945. The minimum absolute atomic E-state index is 0. The number of carboxylic acids is 2. The number of nitrogens with one attached hydrogen (secondary N) is 2. The van der Waals surface area contributed by atoms with Crippen LogP contribution in [0.3, 0.4) is 0 Å². The van der Waals surface area contributed by atoms with E-state index in [1.165, 1.54) is 24.1 Å². The minimum atomic E-state index is -1.54. The van der Waals surface area contributed by atoms with Crippen LogP contribution in [0.4, 0.5) is 5.13 Å². The number of aromatic hydroxyl groups is 1. The Hall–Kier alpha value is -3.95. The molecule has 1 unspecified atom stereocenters. The Morgan fingerprint density at radius 2 is 2.04 bits per heavy atom. The van der Waals surface area contributed by atoms with E-state index >= 15 is 0 Å². The number of rotatable bonds is 11. The molecule has 6 heterocycles. The van der Waals surface area contributed by atoms with E-state index in [0.29, 0.717) is 36.2 Å². The summed E-state index contributed by atoms with van der Waals surface area (Å²) in [5.74, 6) is -5.27. The summed E-state index contributed by atoms with van der Waals surface area (Å²) in [6.07, 6.45) is 1.26. The number of fused-ring (bicyclic) bond motifs is 2. The van der Waals surface area contributed by atoms with Crippen molar-refractivity contribution in [1.82, 2.24) is 25.1 Å². The number of oxime groups is 1. The molecule has 0 aliphatic carbocycles. The largest absolute Gasteiger partial charge is 1.00 e. The van der Waals surface area contributed by atoms with Crippen molar-refractivity contribution >= 4 is 63.6 Å². The SMILES string of the molecule is CC[C@H](O/N=C(/C(=O)N[C@@H]1C(=O)N2C(C(=O)[O-])=C(C[N+]34CCC[C@H]3CN(C(=O)c3cc(=O)c(O)c[nH]3)CC4)CS[C@H]12)c1csc(N)n1)C(=O)[O-].[Na+]. The van der Waals surface area contributed by atoms with Gasteiger partial charge in [-0.3, -0.25) is 24.1 Å². The monoisotopic (exact) mass is 752 g/mol. The van der Waals surface area contributed by atoms with Crippen LogP contribution in [0.15, 0.2) is 38.9 Å². The van der Waals surface area contributed by atoms with Gasteiger partial charge in [-0.05, 0) is 6.42 Å². The number of carbonyl (C=O) groups excluding carboxylic acids is 5. The third-order valence-corrected chi connectivity index (χ3v) is 11.5. The van der Waals surface area contributed by atoms with Crippen molar-refractivity contribution in [1.29, 1.82) is 0 Å². The molecule has 2 aromatic rings. The number of piperazine rings is 1. The molecule has 5 atom stereocenters. The third-order valence-electron chi connectivity index (χ3n) is 9.49. The van der Waals surface area contributed by atoms with Gasteiger partial charge in [0.1, 0.15) is 35.4 Å². The molecule has 0 bridgehead atoms. The van der Waals surface area contributed by atoms with Crippen molar-refractivity contribution in [3.05, 3.63) is 50.5 Å². The van der Waals surface area contributed by atoms with Crippen molar-refractivity contribution < 1.29 is 78.2 Å². The first-order valence-corrected chi connectivity index (χ1v) is 17.7. The first-order valence-electron chi connectivity index (χ1n) is 15.7. The average molecular weight is 753 g/mol. The summed E-state index contributed by atoms with van der Waals surface area (Å²) in [5, 5.41) is 40.4. The van der Waals surface area contributed by atoms with Gasteiger partial charge in [-0.1, -0.05) is 12.1 Å². The Labute approximate surface area is 320 Å². The number of H-pyrrole nitrogens is 1. The summed E-state index contributed by atoms with van der Waals surface area (Å²) in [7, 11) is 0. The van der Waals surface area contributed by atoms with Crippen LogP contribution in [-0.4, -0.2) is 127 Å². The summed E-state index contributed by atoms with van der Waals surface area (Å²) in [5.41, 5.74) is 4.94. The summed E-state index contributed by atoms with van der Waals surface area (Å²) in [4.78, 5) is 90.3. The number of nitrogens with zero attached hydrogens (tertiary/aromatic N) is 5. The van der Waals surface area contributed by atoms with Gasteiger partial charge in [-0.15, -0.1) is 23.1 Å². The molecule has 4 aliphatic heterocycles. The van der Waals surface area contributed by atoms with E-state index < -0.39 is 58.2 Å². The van der Waals surface area contributed by atoms with E-state index in [4.69, 9.17) is 10.6 Å². The van der Waals surface area contributed by atoms with Gasteiger partial charge in [0.25, 0.3) is 17.7 Å². The number of hydrogen-bond donors (Lipinski definition) is 4. The second-order valence-electron chi connectivity index (χ2n) is 12.4. The van der Waals surface area contributed by atoms with E-state index in [0.717, 1.165) is 47.9 Å². The van der Waals surface area contributed by atoms with Crippen LogP contribution in [0.2, 0.25) is 0 Å². The van der Waals surface area contributed by atoms with E-state index in [1.807, 2.05) is 0 Å². The molecule has 51 heavy (non-hydrogen) atoms. The van der Waals surface area contributed by atoms with Crippen molar-refractivity contribution in [2.24, 2.45) is 5.16 Å². The fraction of sp³-hybridized carbons (Fsp3) is 0.467. The molecule has 0 spiro atoms. The molecule has 6 rings (SSSR count). The maximum Gasteiger partial charge on any atom is 1.00 e. The van der Waals surface area contributed by atoms with Gasteiger partial charge in [0.05, 0.1) is 43.8 Å². The van der Waals surface area contributed by atoms with Gasteiger partial charge < -0.3 is 55.2 Å². The molecule has 0 saturated carbocycles. The van der Waals surface area contributed by atoms with Crippen molar-refractivity contribution in [2.75, 3.05) is 44.2 Å². The van der Waals surface area contributed by atoms with Gasteiger partial charge in [-0.2, -0.15) is 0 Å². The number of carboxylic acid groups (broad SMARTS) is 2. The number of pyridine rings is 1. The van der Waals surface area contributed by atoms with Crippen LogP contribution in [0, 0.1) is 0 Å². The number of quaternary nitrogens is 1. The molecule has 3 saturated heterocycles. The number of nitrogen functional groups attached to an aromatic ring is 1. The molecule has 3 amide bonds. The molecule has 3 fully saturated rings. The minimum Gasteiger partial charge on any atom is -0.546 e. The molecule has 5 N–H and O–H groups in total. The quantitative estimate of drug-likeness (QED) is 0.0548. The Balaban J connectivity index is 0.00000504. The molecular formula is C30H33N8NaO10S2. The second kappa shape index (κ2) is 15.3. The maximum absolute atomic E-state index is 13.5.